The van der Waals surface area contributed by atoms with Crippen LogP contribution in [0.3, 0.4) is 0 Å². The number of hydrogen-bond acceptors (Lipinski definition) is 8. The number of hydrogen-bond donors (Lipinski definition) is 1. The van der Waals surface area contributed by atoms with Crippen molar-refractivity contribution >= 4 is 51.6 Å². The number of ether oxygens (including phenoxy) is 3. The minimum absolute atomic E-state index is 0.309. The smallest absolute Gasteiger partial charge is 0.418 e. The van der Waals surface area contributed by atoms with Crippen molar-refractivity contribution in [3.05, 3.63) is 65.2 Å². The van der Waals surface area contributed by atoms with E-state index in [2.05, 4.69) is 16.8 Å². The van der Waals surface area contributed by atoms with Crippen LogP contribution in [0, 0.1) is 0 Å². The third-order valence-corrected chi connectivity index (χ3v) is 8.53. The van der Waals surface area contributed by atoms with Gasteiger partial charge in [-0.3, -0.25) is 9.36 Å². The fraction of sp³-hybridized carbons (Fsp3) is 0.344. The van der Waals surface area contributed by atoms with Gasteiger partial charge in [0.1, 0.15) is 17.4 Å². The molecule has 10 heteroatoms. The molecule has 2 aliphatic heterocycles. The Morgan fingerprint density at radius 2 is 1.93 bits per heavy atom. The van der Waals surface area contributed by atoms with Gasteiger partial charge < -0.3 is 24.4 Å². The number of carbonyl (C=O) groups excluding carboxylic acids is 3. The van der Waals surface area contributed by atoms with Crippen LogP contribution in [0.15, 0.2) is 54.0 Å². The van der Waals surface area contributed by atoms with Crippen LogP contribution in [0.5, 0.6) is 5.75 Å². The van der Waals surface area contributed by atoms with E-state index < -0.39 is 17.7 Å². The van der Waals surface area contributed by atoms with Crippen molar-refractivity contribution in [1.29, 1.82) is 0 Å². The lowest BCUT2D eigenvalue weighted by Crippen LogP contribution is -2.38. The van der Waals surface area contributed by atoms with Crippen LogP contribution < -0.4 is 15.0 Å². The third-order valence-electron chi connectivity index (χ3n) is 7.54. The van der Waals surface area contributed by atoms with Crippen LogP contribution >= 0.6 is 11.3 Å². The second-order valence-corrected chi connectivity index (χ2v) is 12.4. The topological polar surface area (TPSA) is 99.1 Å². The average Bonchev–Trinajstić information content (AvgIpc) is 3.69. The second-order valence-electron chi connectivity index (χ2n) is 11.5. The highest BCUT2D eigenvalue weighted by Gasteiger charge is 2.35. The number of carbonyl (C=O) groups is 3. The molecule has 2 aromatic carbocycles. The minimum Gasteiger partial charge on any atom is -0.492 e. The predicted octanol–water partition coefficient (Wildman–Crippen LogP) is 6.48. The molecule has 1 atom stereocenters. The van der Waals surface area contributed by atoms with Gasteiger partial charge in [0, 0.05) is 46.7 Å². The number of anilines is 2. The van der Waals surface area contributed by atoms with Gasteiger partial charge in [0.25, 0.3) is 5.91 Å². The van der Waals surface area contributed by atoms with Gasteiger partial charge in [-0.25, -0.2) is 9.59 Å². The van der Waals surface area contributed by atoms with Crippen molar-refractivity contribution in [3.8, 4) is 16.2 Å². The number of methoxy groups -OCH3 is 1. The maximum absolute atomic E-state index is 14.0. The number of thiophene rings is 1. The third kappa shape index (κ3) is 5.22. The zero-order chi connectivity index (χ0) is 29.6. The molecule has 2 aromatic heterocycles. The summed E-state index contributed by atoms with van der Waals surface area (Å²) in [6, 6.07) is 12.6. The van der Waals surface area contributed by atoms with Crippen molar-refractivity contribution in [1.82, 2.24) is 4.57 Å². The lowest BCUT2D eigenvalue weighted by atomic mass is 10.0. The van der Waals surface area contributed by atoms with Gasteiger partial charge in [-0.2, -0.15) is 0 Å². The van der Waals surface area contributed by atoms with Gasteiger partial charge in [0.2, 0.25) is 0 Å². The molecule has 2 aliphatic rings. The lowest BCUT2D eigenvalue weighted by molar-refractivity contribution is -0.141. The molecular formula is C32H33N3O6S. The molecule has 0 radical (unpaired) electrons. The normalized spacial score (nSPS) is 16.3. The van der Waals surface area contributed by atoms with E-state index in [4.69, 9.17) is 14.2 Å². The molecule has 4 heterocycles. The van der Waals surface area contributed by atoms with Crippen LogP contribution in [-0.2, 0) is 20.7 Å². The standard InChI is InChI=1S/C32H33N3O6S/c1-32(2,3)41-31(38)35-13-9-20-16-21(7-8-24(20)35)33-29(36)22-17-23-27(40-14-10-19-11-15-42-28(19)23)18-26(22)34-12-5-6-25(34)30(37)39-4/h7-9,11,13,15-18,25H,5-6,10,12,14H2,1-4H3,(H,33,36). The Hall–Kier alpha value is -4.31. The number of benzene rings is 2. The highest BCUT2D eigenvalue weighted by atomic mass is 32.1. The molecule has 4 aromatic rings. The number of rotatable bonds is 4. The molecule has 1 amide bonds. The number of fused-ring (bicyclic) bond motifs is 4. The first-order valence-electron chi connectivity index (χ1n) is 14.0. The first-order chi connectivity index (χ1) is 20.1. The molecular weight excluding hydrogens is 554 g/mol. The highest BCUT2D eigenvalue weighted by Crippen LogP contribution is 2.44. The summed E-state index contributed by atoms with van der Waals surface area (Å²) in [4.78, 5) is 42.4. The molecule has 1 saturated heterocycles. The maximum Gasteiger partial charge on any atom is 0.418 e. The van der Waals surface area contributed by atoms with Crippen molar-refractivity contribution in [2.45, 2.75) is 51.7 Å². The average molecular weight is 588 g/mol. The summed E-state index contributed by atoms with van der Waals surface area (Å²) in [5.41, 5.74) is 3.76. The van der Waals surface area contributed by atoms with Gasteiger partial charge in [-0.1, -0.05) is 0 Å². The van der Waals surface area contributed by atoms with Gasteiger partial charge in [0.05, 0.1) is 30.5 Å². The Morgan fingerprint density at radius 3 is 2.71 bits per heavy atom. The molecule has 1 N–H and O–H groups in total. The van der Waals surface area contributed by atoms with E-state index in [1.165, 1.54) is 17.2 Å². The Balaban J connectivity index is 1.37. The lowest BCUT2D eigenvalue weighted by Gasteiger charge is -2.28. The van der Waals surface area contributed by atoms with Crippen molar-refractivity contribution in [2.24, 2.45) is 0 Å². The highest BCUT2D eigenvalue weighted by molar-refractivity contribution is 7.13. The monoisotopic (exact) mass is 587 g/mol. The Labute approximate surface area is 248 Å². The fourth-order valence-electron chi connectivity index (χ4n) is 5.65. The van der Waals surface area contributed by atoms with E-state index in [0.29, 0.717) is 47.8 Å². The molecule has 42 heavy (non-hydrogen) atoms. The van der Waals surface area contributed by atoms with Crippen LogP contribution in [-0.4, -0.2) is 54.4 Å². The molecule has 0 spiro atoms. The van der Waals surface area contributed by atoms with Crippen molar-refractivity contribution in [2.75, 3.05) is 30.5 Å². The molecule has 9 nitrogen and oxygen atoms in total. The van der Waals surface area contributed by atoms with E-state index >= 15 is 0 Å². The first kappa shape index (κ1) is 27.8. The molecule has 6 rings (SSSR count). The Kier molecular flexibility index (Phi) is 7.18. The van der Waals surface area contributed by atoms with Gasteiger partial charge in [-0.15, -0.1) is 11.3 Å². The summed E-state index contributed by atoms with van der Waals surface area (Å²) >= 11 is 1.62. The van der Waals surface area contributed by atoms with E-state index in [1.54, 1.807) is 29.7 Å². The number of esters is 1. The Morgan fingerprint density at radius 1 is 1.10 bits per heavy atom. The molecule has 1 fully saturated rings. The van der Waals surface area contributed by atoms with Crippen molar-refractivity contribution < 1.29 is 28.6 Å². The summed E-state index contributed by atoms with van der Waals surface area (Å²) < 4.78 is 18.2. The van der Waals surface area contributed by atoms with E-state index in [0.717, 1.165) is 28.7 Å². The van der Waals surface area contributed by atoms with Gasteiger partial charge in [0.15, 0.2) is 0 Å². The number of aromatic nitrogens is 1. The minimum atomic E-state index is -0.621. The zero-order valence-corrected chi connectivity index (χ0v) is 24.9. The summed E-state index contributed by atoms with van der Waals surface area (Å²) in [6.45, 7) is 6.61. The number of nitrogens with zero attached hydrogens (tertiary/aromatic N) is 2. The predicted molar refractivity (Wildman–Crippen MR) is 163 cm³/mol. The van der Waals surface area contributed by atoms with E-state index in [9.17, 15) is 14.4 Å². The SMILES string of the molecule is COC(=O)C1CCCN1c1cc2c(cc1C(=O)Nc1ccc3c(ccn3C(=O)OC(C)(C)C)c1)-c1sccc1CCO2. The Bertz CT molecular complexity index is 1700. The number of amides is 1. The summed E-state index contributed by atoms with van der Waals surface area (Å²) in [6.07, 6.45) is 3.42. The summed E-state index contributed by atoms with van der Waals surface area (Å²) in [5, 5.41) is 5.88. The first-order valence-corrected chi connectivity index (χ1v) is 14.9. The number of nitrogens with one attached hydrogen (secondary N) is 1. The quantitative estimate of drug-likeness (QED) is 0.273. The fourth-order valence-corrected chi connectivity index (χ4v) is 6.63. The van der Waals surface area contributed by atoms with Crippen LogP contribution in [0.2, 0.25) is 0 Å². The zero-order valence-electron chi connectivity index (χ0n) is 24.1. The van der Waals surface area contributed by atoms with E-state index in [1.807, 2.05) is 49.9 Å². The second kappa shape index (κ2) is 10.8. The van der Waals surface area contributed by atoms with Crippen LogP contribution in [0.1, 0.15) is 49.5 Å². The largest absolute Gasteiger partial charge is 0.492 e. The van der Waals surface area contributed by atoms with Crippen LogP contribution in [0.25, 0.3) is 21.3 Å². The van der Waals surface area contributed by atoms with Gasteiger partial charge in [-0.05, 0) is 81.0 Å². The molecule has 218 valence electrons. The molecule has 1 unspecified atom stereocenters. The van der Waals surface area contributed by atoms with E-state index in [-0.39, 0.29) is 11.9 Å². The molecule has 0 aliphatic carbocycles. The molecule has 0 bridgehead atoms. The summed E-state index contributed by atoms with van der Waals surface area (Å²) in [5.74, 6) is 0.0648. The summed E-state index contributed by atoms with van der Waals surface area (Å²) in [7, 11) is 1.39. The van der Waals surface area contributed by atoms with Crippen LogP contribution in [0.4, 0.5) is 16.2 Å². The molecule has 0 saturated carbocycles. The van der Waals surface area contributed by atoms with Crippen molar-refractivity contribution in [3.63, 3.8) is 0 Å². The van der Waals surface area contributed by atoms with Gasteiger partial charge >= 0.3 is 12.1 Å². The maximum atomic E-state index is 14.0.